The lowest BCUT2D eigenvalue weighted by Crippen LogP contribution is -2.54. The van der Waals surface area contributed by atoms with Crippen LogP contribution in [0.2, 0.25) is 0 Å². The molecule has 0 aromatic heterocycles. The molecule has 41 heavy (non-hydrogen) atoms. The van der Waals surface area contributed by atoms with Gasteiger partial charge in [-0.25, -0.2) is 8.70 Å². The number of anilines is 1. The highest BCUT2D eigenvalue weighted by Gasteiger charge is 2.35. The lowest BCUT2D eigenvalue weighted by Gasteiger charge is -2.34. The third-order valence-corrected chi connectivity index (χ3v) is 8.37. The molecule has 0 saturated carbocycles. The molecule has 10 heteroatoms. The van der Waals surface area contributed by atoms with Crippen molar-refractivity contribution in [2.75, 3.05) is 31.5 Å². The van der Waals surface area contributed by atoms with Gasteiger partial charge in [0.05, 0.1) is 5.69 Å². The van der Waals surface area contributed by atoms with E-state index in [4.69, 9.17) is 0 Å². The highest BCUT2D eigenvalue weighted by atomic mass is 32.2. The maximum atomic E-state index is 14.9. The maximum absolute atomic E-state index is 14.9. The second kappa shape index (κ2) is 14.2. The molecule has 0 fully saturated rings. The van der Waals surface area contributed by atoms with Gasteiger partial charge in [-0.3, -0.25) is 9.59 Å². The van der Waals surface area contributed by atoms with Gasteiger partial charge < -0.3 is 10.2 Å². The molecule has 1 atom stereocenters. The molecule has 0 bridgehead atoms. The molecule has 0 aliphatic carbocycles. The quantitative estimate of drug-likeness (QED) is 0.328. The van der Waals surface area contributed by atoms with Crippen LogP contribution in [0.25, 0.3) is 0 Å². The van der Waals surface area contributed by atoms with Gasteiger partial charge in [-0.2, -0.15) is 12.7 Å². The molecule has 8 nitrogen and oxygen atoms in total. The fourth-order valence-corrected chi connectivity index (χ4v) is 5.29. The molecule has 1 N–H and O–H groups in total. The topological polar surface area (TPSA) is 90.0 Å². The first kappa shape index (κ1) is 31.8. The van der Waals surface area contributed by atoms with E-state index in [9.17, 15) is 22.4 Å². The van der Waals surface area contributed by atoms with E-state index in [-0.39, 0.29) is 30.5 Å². The summed E-state index contributed by atoms with van der Waals surface area (Å²) < 4.78 is 43.3. The Balaban J connectivity index is 2.09. The monoisotopic (exact) mass is 582 g/mol. The number of carbonyl (C=O) groups is 2. The average Bonchev–Trinajstić information content (AvgIpc) is 2.94. The van der Waals surface area contributed by atoms with Crippen molar-refractivity contribution in [2.24, 2.45) is 5.92 Å². The van der Waals surface area contributed by atoms with E-state index in [1.54, 1.807) is 0 Å². The van der Waals surface area contributed by atoms with Gasteiger partial charge in [0.2, 0.25) is 11.8 Å². The number of nitrogens with one attached hydrogen (secondary N) is 1. The average molecular weight is 583 g/mol. The molecule has 0 radical (unpaired) electrons. The molecular formula is C31H39FN4O4S. The Morgan fingerprint density at radius 3 is 2.07 bits per heavy atom. The normalized spacial score (nSPS) is 12.3. The fourth-order valence-electron chi connectivity index (χ4n) is 4.22. The van der Waals surface area contributed by atoms with Gasteiger partial charge in [-0.1, -0.05) is 86.1 Å². The summed E-state index contributed by atoms with van der Waals surface area (Å²) >= 11 is 0. The first-order valence-electron chi connectivity index (χ1n) is 13.5. The molecule has 0 heterocycles. The second-order valence-corrected chi connectivity index (χ2v) is 12.7. The number of para-hydroxylation sites is 1. The van der Waals surface area contributed by atoms with E-state index in [2.05, 4.69) is 5.32 Å². The SMILES string of the molecule is Cc1ccc(CN(C(=O)CN(c2ccccc2F)S(=O)(=O)N(C)C)[C@@H](Cc2ccccc2)C(=O)NCC(C)C)cc1. The minimum atomic E-state index is -4.27. The Hall–Kier alpha value is -3.76. The predicted octanol–water partition coefficient (Wildman–Crippen LogP) is 4.16. The Kier molecular flexibility index (Phi) is 11.0. The first-order valence-corrected chi connectivity index (χ1v) is 14.9. The van der Waals surface area contributed by atoms with Gasteiger partial charge in [0.15, 0.2) is 0 Å². The van der Waals surface area contributed by atoms with Crippen molar-refractivity contribution in [1.29, 1.82) is 0 Å². The molecule has 0 aliphatic heterocycles. The van der Waals surface area contributed by atoms with Crippen LogP contribution in [0.15, 0.2) is 78.9 Å². The summed E-state index contributed by atoms with van der Waals surface area (Å²) in [5.41, 5.74) is 2.39. The van der Waals surface area contributed by atoms with E-state index in [0.717, 1.165) is 31.4 Å². The van der Waals surface area contributed by atoms with Crippen LogP contribution in [0, 0.1) is 18.7 Å². The largest absolute Gasteiger partial charge is 0.354 e. The van der Waals surface area contributed by atoms with Crippen LogP contribution < -0.4 is 9.62 Å². The number of amides is 2. The standard InChI is InChI=1S/C31H39FN4O4S/c1-23(2)20-33-31(38)29(19-25-11-7-6-8-12-25)35(21-26-17-15-24(3)16-18-26)30(37)22-36(41(39,40)34(4)5)28-14-10-9-13-27(28)32/h6-18,23,29H,19-22H2,1-5H3,(H,33,38)/t29-/m0/s1. The van der Waals surface area contributed by atoms with Gasteiger partial charge in [-0.15, -0.1) is 0 Å². The van der Waals surface area contributed by atoms with Crippen molar-refractivity contribution >= 4 is 27.7 Å². The van der Waals surface area contributed by atoms with Crippen molar-refractivity contribution in [3.63, 3.8) is 0 Å². The molecule has 0 spiro atoms. The Bertz CT molecular complexity index is 1410. The van der Waals surface area contributed by atoms with Crippen molar-refractivity contribution in [3.05, 3.63) is 101 Å². The minimum Gasteiger partial charge on any atom is -0.354 e. The molecule has 220 valence electrons. The zero-order valence-corrected chi connectivity index (χ0v) is 25.1. The maximum Gasteiger partial charge on any atom is 0.304 e. The number of carbonyl (C=O) groups excluding carboxylic acids is 2. The van der Waals surface area contributed by atoms with Crippen molar-refractivity contribution < 1.29 is 22.4 Å². The van der Waals surface area contributed by atoms with Gasteiger partial charge in [0.1, 0.15) is 18.4 Å². The number of benzene rings is 3. The highest BCUT2D eigenvalue weighted by molar-refractivity contribution is 7.90. The molecule has 0 saturated heterocycles. The molecule has 3 aromatic carbocycles. The van der Waals surface area contributed by atoms with Crippen LogP contribution >= 0.6 is 0 Å². The van der Waals surface area contributed by atoms with Crippen molar-refractivity contribution in [1.82, 2.24) is 14.5 Å². The Morgan fingerprint density at radius 1 is 0.878 bits per heavy atom. The third-order valence-electron chi connectivity index (χ3n) is 6.57. The van der Waals surface area contributed by atoms with E-state index in [1.165, 1.54) is 37.2 Å². The fraction of sp³-hybridized carbons (Fsp3) is 0.355. The van der Waals surface area contributed by atoms with Gasteiger partial charge in [0.25, 0.3) is 0 Å². The van der Waals surface area contributed by atoms with Crippen LogP contribution in [-0.4, -0.2) is 62.7 Å². The smallest absolute Gasteiger partial charge is 0.304 e. The number of halogens is 1. The first-order chi connectivity index (χ1) is 19.4. The van der Waals surface area contributed by atoms with E-state index in [0.29, 0.717) is 6.54 Å². The van der Waals surface area contributed by atoms with Crippen LogP contribution in [-0.2, 0) is 32.8 Å². The molecule has 3 aromatic rings. The molecule has 3 rings (SSSR count). The number of rotatable bonds is 13. The lowest BCUT2D eigenvalue weighted by atomic mass is 10.0. The van der Waals surface area contributed by atoms with Crippen molar-refractivity contribution in [2.45, 2.75) is 39.8 Å². The summed E-state index contributed by atoms with van der Waals surface area (Å²) in [6.45, 7) is 5.66. The number of hydrogen-bond donors (Lipinski definition) is 1. The van der Waals surface area contributed by atoms with Gasteiger partial charge >= 0.3 is 10.2 Å². The third kappa shape index (κ3) is 8.61. The predicted molar refractivity (Wildman–Crippen MR) is 160 cm³/mol. The zero-order chi connectivity index (χ0) is 30.2. The number of hydrogen-bond acceptors (Lipinski definition) is 4. The molecule has 0 unspecified atom stereocenters. The Morgan fingerprint density at radius 2 is 1.49 bits per heavy atom. The summed E-state index contributed by atoms with van der Waals surface area (Å²) in [4.78, 5) is 29.2. The zero-order valence-electron chi connectivity index (χ0n) is 24.2. The van der Waals surface area contributed by atoms with E-state index < -0.39 is 34.5 Å². The van der Waals surface area contributed by atoms with Crippen LogP contribution in [0.1, 0.15) is 30.5 Å². The number of nitrogens with zero attached hydrogens (tertiary/aromatic N) is 3. The van der Waals surface area contributed by atoms with Crippen LogP contribution in [0.4, 0.5) is 10.1 Å². The second-order valence-electron chi connectivity index (χ2n) is 10.6. The number of aryl methyl sites for hydroxylation is 1. The minimum absolute atomic E-state index is 0.0544. The summed E-state index contributed by atoms with van der Waals surface area (Å²) in [6.07, 6.45) is 0.211. The Labute approximate surface area is 243 Å². The summed E-state index contributed by atoms with van der Waals surface area (Å²) in [5, 5.41) is 2.94. The molecule has 2 amide bonds. The van der Waals surface area contributed by atoms with E-state index >= 15 is 0 Å². The van der Waals surface area contributed by atoms with Gasteiger partial charge in [-0.05, 0) is 36.1 Å². The summed E-state index contributed by atoms with van der Waals surface area (Å²) in [6, 6.07) is 21.3. The lowest BCUT2D eigenvalue weighted by molar-refractivity contribution is -0.140. The summed E-state index contributed by atoms with van der Waals surface area (Å²) in [7, 11) is -1.64. The van der Waals surface area contributed by atoms with Gasteiger partial charge in [0, 0.05) is 33.6 Å². The van der Waals surface area contributed by atoms with Crippen LogP contribution in [0.5, 0.6) is 0 Å². The summed E-state index contributed by atoms with van der Waals surface area (Å²) in [5.74, 6) is -1.60. The van der Waals surface area contributed by atoms with Crippen molar-refractivity contribution in [3.8, 4) is 0 Å². The van der Waals surface area contributed by atoms with E-state index in [1.807, 2.05) is 75.4 Å². The van der Waals surface area contributed by atoms with Crippen LogP contribution in [0.3, 0.4) is 0 Å². The molecular weight excluding hydrogens is 543 g/mol. The molecule has 0 aliphatic rings. The highest BCUT2D eigenvalue weighted by Crippen LogP contribution is 2.24.